The molecular formula is C6H8ClN3O2. The zero-order valence-corrected chi connectivity index (χ0v) is 7.13. The predicted molar refractivity (Wildman–Crippen MR) is 45.8 cm³/mol. The summed E-state index contributed by atoms with van der Waals surface area (Å²) in [5, 5.41) is 11.1. The van der Waals surface area contributed by atoms with Gasteiger partial charge in [0.1, 0.15) is 0 Å². The lowest BCUT2D eigenvalue weighted by Gasteiger charge is -1.96. The Kier molecular flexibility index (Phi) is 3.99. The van der Waals surface area contributed by atoms with Crippen LogP contribution in [0.1, 0.15) is 10.4 Å². The van der Waals surface area contributed by atoms with Crippen molar-refractivity contribution in [1.82, 2.24) is 9.97 Å². The van der Waals surface area contributed by atoms with E-state index in [2.05, 4.69) is 15.3 Å². The Balaban J connectivity index is 0.00000121. The molecule has 0 aliphatic rings. The molecule has 66 valence electrons. The highest BCUT2D eigenvalue weighted by Gasteiger charge is 2.02. The molecule has 0 saturated heterocycles. The van der Waals surface area contributed by atoms with Crippen LogP contribution in [-0.4, -0.2) is 28.1 Å². The van der Waals surface area contributed by atoms with E-state index in [4.69, 9.17) is 5.11 Å². The number of aromatic carboxylic acids is 1. The van der Waals surface area contributed by atoms with Crippen LogP contribution in [0.2, 0.25) is 0 Å². The molecule has 2 N–H and O–H groups in total. The van der Waals surface area contributed by atoms with Crippen LogP contribution >= 0.6 is 12.4 Å². The van der Waals surface area contributed by atoms with Gasteiger partial charge in [0.2, 0.25) is 5.95 Å². The molecule has 1 heterocycles. The second kappa shape index (κ2) is 4.50. The monoisotopic (exact) mass is 189 g/mol. The van der Waals surface area contributed by atoms with Crippen molar-refractivity contribution in [3.05, 3.63) is 18.0 Å². The van der Waals surface area contributed by atoms with Crippen molar-refractivity contribution < 1.29 is 9.90 Å². The molecule has 5 nitrogen and oxygen atoms in total. The van der Waals surface area contributed by atoms with Gasteiger partial charge in [0, 0.05) is 19.4 Å². The van der Waals surface area contributed by atoms with Crippen LogP contribution in [0.15, 0.2) is 12.4 Å². The Morgan fingerprint density at radius 1 is 1.50 bits per heavy atom. The first-order chi connectivity index (χ1) is 5.24. The highest BCUT2D eigenvalue weighted by Crippen LogP contribution is 1.97. The zero-order valence-electron chi connectivity index (χ0n) is 6.31. The minimum Gasteiger partial charge on any atom is -0.478 e. The van der Waals surface area contributed by atoms with Gasteiger partial charge in [-0.2, -0.15) is 0 Å². The second-order valence-electron chi connectivity index (χ2n) is 1.85. The van der Waals surface area contributed by atoms with Crippen LogP contribution in [0.3, 0.4) is 0 Å². The summed E-state index contributed by atoms with van der Waals surface area (Å²) < 4.78 is 0. The van der Waals surface area contributed by atoms with E-state index in [1.54, 1.807) is 7.05 Å². The maximum Gasteiger partial charge on any atom is 0.338 e. The van der Waals surface area contributed by atoms with Gasteiger partial charge in [0.25, 0.3) is 0 Å². The van der Waals surface area contributed by atoms with Gasteiger partial charge in [-0.25, -0.2) is 14.8 Å². The Labute approximate surface area is 75.3 Å². The quantitative estimate of drug-likeness (QED) is 0.714. The summed E-state index contributed by atoms with van der Waals surface area (Å²) in [4.78, 5) is 17.7. The molecule has 0 bridgehead atoms. The van der Waals surface area contributed by atoms with Crippen molar-refractivity contribution in [1.29, 1.82) is 0 Å². The molecule has 0 atom stereocenters. The third kappa shape index (κ3) is 2.35. The second-order valence-corrected chi connectivity index (χ2v) is 1.85. The van der Waals surface area contributed by atoms with Crippen LogP contribution in [0, 0.1) is 0 Å². The molecule has 0 spiro atoms. The Morgan fingerprint density at radius 3 is 2.33 bits per heavy atom. The van der Waals surface area contributed by atoms with Crippen molar-refractivity contribution in [2.24, 2.45) is 0 Å². The van der Waals surface area contributed by atoms with E-state index < -0.39 is 5.97 Å². The van der Waals surface area contributed by atoms with E-state index in [1.807, 2.05) is 0 Å². The van der Waals surface area contributed by atoms with Crippen molar-refractivity contribution >= 4 is 24.3 Å². The summed E-state index contributed by atoms with van der Waals surface area (Å²) in [5.74, 6) is -0.609. The first-order valence-electron chi connectivity index (χ1n) is 2.97. The topological polar surface area (TPSA) is 75.1 Å². The van der Waals surface area contributed by atoms with E-state index in [1.165, 1.54) is 12.4 Å². The molecule has 1 rings (SSSR count). The number of halogens is 1. The minimum atomic E-state index is -1.02. The number of hydrogen-bond acceptors (Lipinski definition) is 4. The molecular weight excluding hydrogens is 182 g/mol. The summed E-state index contributed by atoms with van der Waals surface area (Å²) in [7, 11) is 1.66. The molecule has 12 heavy (non-hydrogen) atoms. The summed E-state index contributed by atoms with van der Waals surface area (Å²) in [6.07, 6.45) is 2.50. The fraction of sp³-hybridized carbons (Fsp3) is 0.167. The maximum atomic E-state index is 10.3. The SMILES string of the molecule is CNc1ncc(C(=O)O)cn1.Cl. The van der Waals surface area contributed by atoms with E-state index in [-0.39, 0.29) is 18.0 Å². The number of carboxylic acids is 1. The summed E-state index contributed by atoms with van der Waals surface area (Å²) >= 11 is 0. The fourth-order valence-corrected chi connectivity index (χ4v) is 0.568. The van der Waals surface area contributed by atoms with Gasteiger partial charge >= 0.3 is 5.97 Å². The minimum absolute atomic E-state index is 0. The zero-order chi connectivity index (χ0) is 8.27. The molecule has 0 aromatic carbocycles. The molecule has 0 aliphatic heterocycles. The van der Waals surface area contributed by atoms with Crippen LogP contribution in [0.5, 0.6) is 0 Å². The van der Waals surface area contributed by atoms with Crippen molar-refractivity contribution in [2.45, 2.75) is 0 Å². The number of nitrogens with one attached hydrogen (secondary N) is 1. The number of nitrogens with zero attached hydrogens (tertiary/aromatic N) is 2. The summed E-state index contributed by atoms with van der Waals surface area (Å²) in [5.41, 5.74) is 0.0870. The largest absolute Gasteiger partial charge is 0.478 e. The highest BCUT2D eigenvalue weighted by atomic mass is 35.5. The van der Waals surface area contributed by atoms with Crippen molar-refractivity contribution in [2.75, 3.05) is 12.4 Å². The van der Waals surface area contributed by atoms with E-state index in [9.17, 15) is 4.79 Å². The third-order valence-electron chi connectivity index (χ3n) is 1.12. The third-order valence-corrected chi connectivity index (χ3v) is 1.12. The van der Waals surface area contributed by atoms with Gasteiger partial charge in [-0.3, -0.25) is 0 Å². The van der Waals surface area contributed by atoms with E-state index in [0.717, 1.165) is 0 Å². The van der Waals surface area contributed by atoms with E-state index >= 15 is 0 Å². The number of carboxylic acid groups (broad SMARTS) is 1. The normalized spacial score (nSPS) is 8.42. The van der Waals surface area contributed by atoms with Crippen LogP contribution in [-0.2, 0) is 0 Å². The van der Waals surface area contributed by atoms with Crippen LogP contribution in [0.25, 0.3) is 0 Å². The van der Waals surface area contributed by atoms with Gasteiger partial charge in [-0.05, 0) is 0 Å². The van der Waals surface area contributed by atoms with Gasteiger partial charge in [0.15, 0.2) is 0 Å². The summed E-state index contributed by atoms with van der Waals surface area (Å²) in [6.45, 7) is 0. The number of aromatic nitrogens is 2. The lowest BCUT2D eigenvalue weighted by atomic mass is 10.4. The molecule has 0 radical (unpaired) electrons. The average molecular weight is 190 g/mol. The summed E-state index contributed by atoms with van der Waals surface area (Å²) in [6, 6.07) is 0. The average Bonchev–Trinajstić information content (AvgIpc) is 2.05. The number of carbonyl (C=O) groups is 1. The Morgan fingerprint density at radius 2 is 2.00 bits per heavy atom. The molecule has 0 aliphatic carbocycles. The van der Waals surface area contributed by atoms with Gasteiger partial charge in [-0.15, -0.1) is 12.4 Å². The molecule has 1 aromatic heterocycles. The van der Waals surface area contributed by atoms with Gasteiger partial charge < -0.3 is 10.4 Å². The highest BCUT2D eigenvalue weighted by molar-refractivity contribution is 5.86. The lowest BCUT2D eigenvalue weighted by Crippen LogP contribution is -2.01. The fourth-order valence-electron chi connectivity index (χ4n) is 0.568. The lowest BCUT2D eigenvalue weighted by molar-refractivity contribution is 0.0696. The number of hydrogen-bond donors (Lipinski definition) is 2. The smallest absolute Gasteiger partial charge is 0.338 e. The van der Waals surface area contributed by atoms with E-state index in [0.29, 0.717) is 5.95 Å². The van der Waals surface area contributed by atoms with Gasteiger partial charge in [-0.1, -0.05) is 0 Å². The van der Waals surface area contributed by atoms with Gasteiger partial charge in [0.05, 0.1) is 5.56 Å². The maximum absolute atomic E-state index is 10.3. The molecule has 0 amide bonds. The molecule has 0 saturated carbocycles. The first kappa shape index (κ1) is 10.6. The molecule has 1 aromatic rings. The van der Waals surface area contributed by atoms with Crippen molar-refractivity contribution in [3.63, 3.8) is 0 Å². The molecule has 0 unspecified atom stereocenters. The molecule has 0 fully saturated rings. The Hall–Kier alpha value is -1.36. The van der Waals surface area contributed by atoms with Crippen LogP contribution in [0.4, 0.5) is 5.95 Å². The molecule has 6 heteroatoms. The standard InChI is InChI=1S/C6H7N3O2.ClH/c1-7-6-8-2-4(3-9-6)5(10)11;/h2-3H,1H3,(H,10,11)(H,7,8,9);1H. The number of anilines is 1. The van der Waals surface area contributed by atoms with Crippen LogP contribution < -0.4 is 5.32 Å². The first-order valence-corrected chi connectivity index (χ1v) is 2.97. The number of rotatable bonds is 2. The Bertz CT molecular complexity index is 262. The van der Waals surface area contributed by atoms with Crippen molar-refractivity contribution in [3.8, 4) is 0 Å². The predicted octanol–water partition coefficient (Wildman–Crippen LogP) is 0.638.